The van der Waals surface area contributed by atoms with Gasteiger partial charge >= 0.3 is 6.01 Å². The molecule has 2 aromatic heterocycles. The number of aromatic nitrogens is 5. The van der Waals surface area contributed by atoms with Gasteiger partial charge in [0.15, 0.2) is 0 Å². The molecule has 3 heterocycles. The van der Waals surface area contributed by atoms with Gasteiger partial charge in [0, 0.05) is 0 Å². The summed E-state index contributed by atoms with van der Waals surface area (Å²) in [5, 5.41) is 17.3. The Kier molecular flexibility index (Phi) is 3.19. The van der Waals surface area contributed by atoms with Gasteiger partial charge in [0.25, 0.3) is 0 Å². The number of amides is 1. The lowest BCUT2D eigenvalue weighted by atomic mass is 10.2. The molecule has 1 saturated heterocycles. The first kappa shape index (κ1) is 11.8. The van der Waals surface area contributed by atoms with Crippen LogP contribution in [-0.4, -0.2) is 37.4 Å². The molecule has 0 radical (unpaired) electrons. The molecule has 2 N–H and O–H groups in total. The summed E-state index contributed by atoms with van der Waals surface area (Å²) < 4.78 is 6.80. The molecule has 0 saturated carbocycles. The largest absolute Gasteiger partial charge is 0.406 e. The summed E-state index contributed by atoms with van der Waals surface area (Å²) >= 11 is 0. The van der Waals surface area contributed by atoms with E-state index in [1.165, 1.54) is 17.3 Å². The van der Waals surface area contributed by atoms with Gasteiger partial charge in [0.05, 0.1) is 6.04 Å². The number of hydrogen-bond donors (Lipinski definition) is 2. The molecule has 9 nitrogen and oxygen atoms in total. The highest BCUT2D eigenvalue weighted by Crippen LogP contribution is 2.22. The zero-order valence-electron chi connectivity index (χ0n) is 10.1. The zero-order chi connectivity index (χ0) is 13.1. The Balaban J connectivity index is 1.59. The molecule has 1 aliphatic heterocycles. The van der Waals surface area contributed by atoms with E-state index >= 15 is 0 Å². The quantitative estimate of drug-likeness (QED) is 0.780. The average Bonchev–Trinajstić information content (AvgIpc) is 3.09. The van der Waals surface area contributed by atoms with Crippen LogP contribution in [0.4, 0.5) is 6.01 Å². The van der Waals surface area contributed by atoms with Crippen molar-refractivity contribution in [1.82, 2.24) is 30.3 Å². The number of nitrogens with zero attached hydrogens (tertiary/aromatic N) is 5. The van der Waals surface area contributed by atoms with Crippen molar-refractivity contribution < 1.29 is 9.21 Å². The normalized spacial score (nSPS) is 18.6. The molecule has 19 heavy (non-hydrogen) atoms. The zero-order valence-corrected chi connectivity index (χ0v) is 10.1. The molecular weight excluding hydrogens is 250 g/mol. The van der Waals surface area contributed by atoms with E-state index in [0.29, 0.717) is 5.89 Å². The van der Waals surface area contributed by atoms with Gasteiger partial charge in [0.1, 0.15) is 19.2 Å². The summed E-state index contributed by atoms with van der Waals surface area (Å²) in [6, 6.07) is 0.197. The minimum atomic E-state index is -0.292. The van der Waals surface area contributed by atoms with Crippen LogP contribution in [0.5, 0.6) is 0 Å². The van der Waals surface area contributed by atoms with Crippen LogP contribution in [0.1, 0.15) is 24.8 Å². The van der Waals surface area contributed by atoms with E-state index in [1.54, 1.807) is 0 Å². The molecule has 100 valence electrons. The Hall–Kier alpha value is -2.29. The first-order chi connectivity index (χ1) is 9.31. The molecule has 1 fully saturated rings. The third-order valence-electron chi connectivity index (χ3n) is 2.82. The molecule has 1 unspecified atom stereocenters. The van der Waals surface area contributed by atoms with Crippen LogP contribution in [0, 0.1) is 0 Å². The number of carbonyl (C=O) groups excluding carboxylic acids is 1. The van der Waals surface area contributed by atoms with Crippen molar-refractivity contribution in [1.29, 1.82) is 0 Å². The van der Waals surface area contributed by atoms with Gasteiger partial charge in [-0.15, -0.1) is 5.10 Å². The fraction of sp³-hybridized carbons (Fsp3) is 0.500. The minimum Gasteiger partial charge on any atom is -0.406 e. The molecule has 0 aliphatic carbocycles. The summed E-state index contributed by atoms with van der Waals surface area (Å²) in [5.41, 5.74) is 0. The fourth-order valence-electron chi connectivity index (χ4n) is 1.94. The Morgan fingerprint density at radius 1 is 1.58 bits per heavy atom. The lowest BCUT2D eigenvalue weighted by Crippen LogP contribution is -2.19. The summed E-state index contributed by atoms with van der Waals surface area (Å²) in [7, 11) is 0. The Morgan fingerprint density at radius 3 is 3.26 bits per heavy atom. The number of nitrogens with one attached hydrogen (secondary N) is 2. The monoisotopic (exact) mass is 263 g/mol. The lowest BCUT2D eigenvalue weighted by Gasteiger charge is -2.02. The third kappa shape index (κ3) is 2.76. The van der Waals surface area contributed by atoms with Crippen LogP contribution in [0.15, 0.2) is 17.1 Å². The Morgan fingerprint density at radius 2 is 2.53 bits per heavy atom. The van der Waals surface area contributed by atoms with Crippen LogP contribution >= 0.6 is 0 Å². The summed E-state index contributed by atoms with van der Waals surface area (Å²) in [5.74, 6) is 0.216. The van der Waals surface area contributed by atoms with E-state index in [9.17, 15) is 4.79 Å². The van der Waals surface area contributed by atoms with Crippen molar-refractivity contribution in [3.8, 4) is 0 Å². The van der Waals surface area contributed by atoms with Crippen molar-refractivity contribution in [3.05, 3.63) is 18.5 Å². The van der Waals surface area contributed by atoms with E-state index in [-0.39, 0.29) is 24.5 Å². The molecule has 0 bridgehead atoms. The maximum absolute atomic E-state index is 11.7. The second kappa shape index (κ2) is 5.14. The molecule has 0 spiro atoms. The second-order valence-electron chi connectivity index (χ2n) is 4.24. The fourth-order valence-corrected chi connectivity index (χ4v) is 1.94. The summed E-state index contributed by atoms with van der Waals surface area (Å²) in [4.78, 5) is 15.4. The predicted molar refractivity (Wildman–Crippen MR) is 62.9 cm³/mol. The Labute approximate surface area is 108 Å². The minimum absolute atomic E-state index is 0.0550. The van der Waals surface area contributed by atoms with Crippen LogP contribution in [-0.2, 0) is 11.3 Å². The molecule has 1 amide bonds. The van der Waals surface area contributed by atoms with Crippen molar-refractivity contribution in [2.75, 3.05) is 11.9 Å². The van der Waals surface area contributed by atoms with Gasteiger partial charge in [-0.05, 0) is 19.4 Å². The molecule has 9 heteroatoms. The van der Waals surface area contributed by atoms with Gasteiger partial charge in [-0.3, -0.25) is 10.1 Å². The van der Waals surface area contributed by atoms with E-state index in [0.717, 1.165) is 19.4 Å². The first-order valence-corrected chi connectivity index (χ1v) is 6.00. The van der Waals surface area contributed by atoms with Gasteiger partial charge in [-0.2, -0.15) is 5.10 Å². The van der Waals surface area contributed by atoms with Gasteiger partial charge < -0.3 is 9.73 Å². The van der Waals surface area contributed by atoms with Crippen LogP contribution in [0.3, 0.4) is 0 Å². The maximum Gasteiger partial charge on any atom is 0.322 e. The first-order valence-electron chi connectivity index (χ1n) is 6.00. The topological polar surface area (TPSA) is 111 Å². The molecule has 1 aliphatic rings. The van der Waals surface area contributed by atoms with E-state index < -0.39 is 0 Å². The molecule has 1 atom stereocenters. The van der Waals surface area contributed by atoms with Crippen molar-refractivity contribution >= 4 is 11.9 Å². The maximum atomic E-state index is 11.7. The second-order valence-corrected chi connectivity index (χ2v) is 4.24. The Bertz CT molecular complexity index is 544. The van der Waals surface area contributed by atoms with Gasteiger partial charge in [-0.25, -0.2) is 9.67 Å². The third-order valence-corrected chi connectivity index (χ3v) is 2.82. The van der Waals surface area contributed by atoms with Crippen LogP contribution < -0.4 is 10.6 Å². The van der Waals surface area contributed by atoms with Crippen LogP contribution in [0.25, 0.3) is 0 Å². The van der Waals surface area contributed by atoms with E-state index in [4.69, 9.17) is 4.42 Å². The highest BCUT2D eigenvalue weighted by Gasteiger charge is 2.22. The number of rotatable bonds is 4. The SMILES string of the molecule is O=C(Cn1cncn1)Nc1nnc(C2CCCN2)o1. The summed E-state index contributed by atoms with van der Waals surface area (Å²) in [6.45, 7) is 1.00. The number of carbonyl (C=O) groups is 1. The lowest BCUT2D eigenvalue weighted by molar-refractivity contribution is -0.117. The highest BCUT2D eigenvalue weighted by atomic mass is 16.4. The van der Waals surface area contributed by atoms with Crippen molar-refractivity contribution in [2.45, 2.75) is 25.4 Å². The van der Waals surface area contributed by atoms with Crippen molar-refractivity contribution in [2.24, 2.45) is 0 Å². The molecular formula is C10H13N7O2. The number of hydrogen-bond acceptors (Lipinski definition) is 7. The van der Waals surface area contributed by atoms with E-state index in [1.807, 2.05) is 0 Å². The van der Waals surface area contributed by atoms with Crippen molar-refractivity contribution in [3.63, 3.8) is 0 Å². The standard InChI is InChI=1S/C10H13N7O2/c18-8(4-17-6-11-5-13-17)14-10-16-15-9(19-10)7-2-1-3-12-7/h5-7,12H,1-4H2,(H,14,16,18). The summed E-state index contributed by atoms with van der Waals surface area (Å²) in [6.07, 6.45) is 4.88. The predicted octanol–water partition coefficient (Wildman–Crippen LogP) is -0.276. The van der Waals surface area contributed by atoms with Gasteiger partial charge in [-0.1, -0.05) is 5.10 Å². The van der Waals surface area contributed by atoms with Crippen LogP contribution in [0.2, 0.25) is 0 Å². The average molecular weight is 263 g/mol. The molecule has 0 aromatic carbocycles. The van der Waals surface area contributed by atoms with Gasteiger partial charge in [0.2, 0.25) is 11.8 Å². The number of anilines is 1. The highest BCUT2D eigenvalue weighted by molar-refractivity contribution is 5.88. The van der Waals surface area contributed by atoms with E-state index in [2.05, 4.69) is 30.9 Å². The smallest absolute Gasteiger partial charge is 0.322 e. The molecule has 3 rings (SSSR count). The molecule has 2 aromatic rings.